The van der Waals surface area contributed by atoms with E-state index in [4.69, 9.17) is 4.98 Å². The van der Waals surface area contributed by atoms with Gasteiger partial charge in [-0.25, -0.2) is 9.37 Å². The number of imidazole rings is 1. The summed E-state index contributed by atoms with van der Waals surface area (Å²) in [4.78, 5) is 8.10. The molecule has 0 bridgehead atoms. The molecular formula is C21H12BrFN2. The molecule has 1 heterocycles. The van der Waals surface area contributed by atoms with Crippen LogP contribution in [0.4, 0.5) is 4.39 Å². The van der Waals surface area contributed by atoms with Crippen LogP contribution in [-0.2, 0) is 0 Å². The number of benzene rings is 4. The van der Waals surface area contributed by atoms with Gasteiger partial charge < -0.3 is 4.98 Å². The number of rotatable bonds is 1. The first kappa shape index (κ1) is 14.6. The van der Waals surface area contributed by atoms with Crippen LogP contribution in [0.15, 0.2) is 71.2 Å². The van der Waals surface area contributed by atoms with Crippen molar-refractivity contribution in [2.24, 2.45) is 0 Å². The predicted octanol–water partition coefficient (Wildman–Crippen LogP) is 6.44. The van der Waals surface area contributed by atoms with Gasteiger partial charge in [0, 0.05) is 15.2 Å². The number of hydrogen-bond acceptors (Lipinski definition) is 1. The summed E-state index contributed by atoms with van der Waals surface area (Å²) in [7, 11) is 0. The van der Waals surface area contributed by atoms with E-state index in [0.717, 1.165) is 32.6 Å². The van der Waals surface area contributed by atoms with Gasteiger partial charge in [0.05, 0.1) is 16.6 Å². The number of hydrogen-bond donors (Lipinski definition) is 1. The standard InChI is InChI=1S/C21H12BrFN2/c22-16-10-5-11-17(23)18(16)21-24-19-14-8-3-1-6-12(14)13-7-2-4-9-15(13)20(19)25-21/h1-11H,(H,24,25). The second kappa shape index (κ2) is 5.39. The van der Waals surface area contributed by atoms with Gasteiger partial charge in [-0.05, 0) is 38.8 Å². The topological polar surface area (TPSA) is 28.7 Å². The van der Waals surface area contributed by atoms with Crippen molar-refractivity contribution in [2.45, 2.75) is 0 Å². The number of H-pyrrole nitrogens is 1. The van der Waals surface area contributed by atoms with E-state index in [2.05, 4.69) is 45.2 Å². The molecule has 1 N–H and O–H groups in total. The zero-order valence-corrected chi connectivity index (χ0v) is 14.6. The van der Waals surface area contributed by atoms with Crippen molar-refractivity contribution >= 4 is 48.5 Å². The molecule has 0 fully saturated rings. The van der Waals surface area contributed by atoms with Gasteiger partial charge in [0.2, 0.25) is 0 Å². The molecule has 0 spiro atoms. The normalized spacial score (nSPS) is 11.6. The van der Waals surface area contributed by atoms with E-state index in [9.17, 15) is 4.39 Å². The lowest BCUT2D eigenvalue weighted by molar-refractivity contribution is 0.629. The summed E-state index contributed by atoms with van der Waals surface area (Å²) in [5.74, 6) is 0.225. The lowest BCUT2D eigenvalue weighted by Crippen LogP contribution is -1.87. The molecule has 0 saturated carbocycles. The smallest absolute Gasteiger partial charge is 0.142 e. The van der Waals surface area contributed by atoms with Crippen LogP contribution < -0.4 is 0 Å². The van der Waals surface area contributed by atoms with Crippen LogP contribution in [0.2, 0.25) is 0 Å². The minimum Gasteiger partial charge on any atom is -0.337 e. The molecule has 25 heavy (non-hydrogen) atoms. The summed E-state index contributed by atoms with van der Waals surface area (Å²) in [6.07, 6.45) is 0. The van der Waals surface area contributed by atoms with Crippen molar-refractivity contribution in [3.63, 3.8) is 0 Å². The molecule has 0 aliphatic rings. The third-order valence-corrected chi connectivity index (χ3v) is 5.23. The Bertz CT molecular complexity index is 1180. The lowest BCUT2D eigenvalue weighted by atomic mass is 10.0. The summed E-state index contributed by atoms with van der Waals surface area (Å²) in [6.45, 7) is 0. The molecule has 4 heteroatoms. The molecule has 5 aromatic rings. The van der Waals surface area contributed by atoms with Gasteiger partial charge in [0.15, 0.2) is 0 Å². The molecule has 2 nitrogen and oxygen atoms in total. The monoisotopic (exact) mass is 390 g/mol. The second-order valence-corrected chi connectivity index (χ2v) is 6.85. The quantitative estimate of drug-likeness (QED) is 0.328. The molecule has 5 rings (SSSR count). The number of fused-ring (bicyclic) bond motifs is 6. The van der Waals surface area contributed by atoms with E-state index in [1.165, 1.54) is 6.07 Å². The number of aromatic nitrogens is 2. The van der Waals surface area contributed by atoms with Crippen molar-refractivity contribution in [1.29, 1.82) is 0 Å². The summed E-state index contributed by atoms with van der Waals surface area (Å²) in [5.41, 5.74) is 2.24. The first-order valence-electron chi connectivity index (χ1n) is 7.97. The van der Waals surface area contributed by atoms with E-state index in [-0.39, 0.29) is 5.82 Å². The van der Waals surface area contributed by atoms with Crippen LogP contribution >= 0.6 is 15.9 Å². The minimum absolute atomic E-state index is 0.304. The summed E-state index contributed by atoms with van der Waals surface area (Å²) >= 11 is 3.44. The Kier molecular flexibility index (Phi) is 3.15. The third kappa shape index (κ3) is 2.11. The van der Waals surface area contributed by atoms with Crippen LogP contribution in [0.3, 0.4) is 0 Å². The Balaban J connectivity index is 1.98. The lowest BCUT2D eigenvalue weighted by Gasteiger charge is -2.05. The molecule has 0 aliphatic heterocycles. The highest BCUT2D eigenvalue weighted by Gasteiger charge is 2.17. The summed E-state index contributed by atoms with van der Waals surface area (Å²) < 4.78 is 15.1. The number of nitrogens with one attached hydrogen (secondary N) is 1. The Hall–Kier alpha value is -2.72. The van der Waals surface area contributed by atoms with Crippen LogP contribution in [-0.4, -0.2) is 9.97 Å². The van der Waals surface area contributed by atoms with Crippen molar-refractivity contribution in [3.8, 4) is 11.4 Å². The molecule has 1 aromatic heterocycles. The van der Waals surface area contributed by atoms with Gasteiger partial charge in [0.25, 0.3) is 0 Å². The molecular weight excluding hydrogens is 379 g/mol. The van der Waals surface area contributed by atoms with Gasteiger partial charge in [0.1, 0.15) is 11.6 Å². The Morgan fingerprint density at radius 2 is 1.40 bits per heavy atom. The highest BCUT2D eigenvalue weighted by molar-refractivity contribution is 9.10. The van der Waals surface area contributed by atoms with Gasteiger partial charge in [-0.15, -0.1) is 0 Å². The van der Waals surface area contributed by atoms with E-state index in [1.54, 1.807) is 6.07 Å². The molecule has 0 saturated heterocycles. The maximum atomic E-state index is 14.4. The van der Waals surface area contributed by atoms with E-state index in [0.29, 0.717) is 15.9 Å². The molecule has 120 valence electrons. The largest absolute Gasteiger partial charge is 0.337 e. The van der Waals surface area contributed by atoms with E-state index >= 15 is 0 Å². The summed E-state index contributed by atoms with van der Waals surface area (Å²) in [5, 5.41) is 4.46. The van der Waals surface area contributed by atoms with Gasteiger partial charge in [-0.2, -0.15) is 0 Å². The van der Waals surface area contributed by atoms with Crippen LogP contribution in [0, 0.1) is 5.82 Å². The molecule has 4 aromatic carbocycles. The number of aromatic amines is 1. The highest BCUT2D eigenvalue weighted by atomic mass is 79.9. The van der Waals surface area contributed by atoms with Gasteiger partial charge in [-0.3, -0.25) is 0 Å². The first-order chi connectivity index (χ1) is 12.2. The fourth-order valence-corrected chi connectivity index (χ4v) is 4.00. The molecule has 0 radical (unpaired) electrons. The third-order valence-electron chi connectivity index (χ3n) is 4.57. The maximum Gasteiger partial charge on any atom is 0.142 e. The predicted molar refractivity (Wildman–Crippen MR) is 104 cm³/mol. The average molecular weight is 391 g/mol. The van der Waals surface area contributed by atoms with Crippen molar-refractivity contribution in [2.75, 3.05) is 0 Å². The number of halogens is 2. The van der Waals surface area contributed by atoms with Crippen LogP contribution in [0.1, 0.15) is 0 Å². The highest BCUT2D eigenvalue weighted by Crippen LogP contribution is 2.37. The molecule has 0 amide bonds. The van der Waals surface area contributed by atoms with Crippen molar-refractivity contribution < 1.29 is 4.39 Å². The fraction of sp³-hybridized carbons (Fsp3) is 0. The van der Waals surface area contributed by atoms with Crippen molar-refractivity contribution in [3.05, 3.63) is 77.0 Å². The zero-order valence-electron chi connectivity index (χ0n) is 13.1. The average Bonchev–Trinajstić information content (AvgIpc) is 3.07. The molecule has 0 aliphatic carbocycles. The number of nitrogens with zero attached hydrogens (tertiary/aromatic N) is 1. The Labute approximate surface area is 151 Å². The second-order valence-electron chi connectivity index (χ2n) is 6.00. The first-order valence-corrected chi connectivity index (χ1v) is 8.77. The van der Waals surface area contributed by atoms with Gasteiger partial charge >= 0.3 is 0 Å². The van der Waals surface area contributed by atoms with Crippen molar-refractivity contribution in [1.82, 2.24) is 9.97 Å². The van der Waals surface area contributed by atoms with Crippen LogP contribution in [0.25, 0.3) is 44.0 Å². The van der Waals surface area contributed by atoms with Crippen LogP contribution in [0.5, 0.6) is 0 Å². The SMILES string of the molecule is Fc1cccc(Br)c1-c1nc2c3ccccc3c3ccccc3c2[nH]1. The van der Waals surface area contributed by atoms with E-state index < -0.39 is 0 Å². The fourth-order valence-electron chi connectivity index (χ4n) is 3.47. The zero-order chi connectivity index (χ0) is 17.0. The maximum absolute atomic E-state index is 14.4. The minimum atomic E-state index is -0.304. The Morgan fingerprint density at radius 1 is 0.760 bits per heavy atom. The summed E-state index contributed by atoms with van der Waals surface area (Å²) in [6, 6.07) is 21.4. The van der Waals surface area contributed by atoms with Gasteiger partial charge in [-0.1, -0.05) is 54.6 Å². The Morgan fingerprint density at radius 3 is 2.12 bits per heavy atom. The molecule has 0 atom stereocenters. The molecule has 0 unspecified atom stereocenters. The van der Waals surface area contributed by atoms with E-state index in [1.807, 2.05) is 30.3 Å².